The van der Waals surface area contributed by atoms with Gasteiger partial charge in [0.1, 0.15) is 0 Å². The number of aliphatic hydroxyl groups excluding tert-OH is 1. The minimum Gasteiger partial charge on any atom is -0.390 e. The van der Waals surface area contributed by atoms with Crippen molar-refractivity contribution in [3.63, 3.8) is 0 Å². The molecule has 0 spiro atoms. The zero-order valence-corrected chi connectivity index (χ0v) is 14.0. The smallest absolute Gasteiger partial charge is 0.272 e. The third-order valence-corrected chi connectivity index (χ3v) is 4.52. The Bertz CT molecular complexity index is 528. The van der Waals surface area contributed by atoms with Gasteiger partial charge in [-0.15, -0.1) is 0 Å². The van der Waals surface area contributed by atoms with Crippen LogP contribution in [0.1, 0.15) is 30.9 Å². The zero-order chi connectivity index (χ0) is 16.8. The van der Waals surface area contributed by atoms with E-state index in [1.54, 1.807) is 19.1 Å². The molecule has 6 nitrogen and oxygen atoms in total. The van der Waals surface area contributed by atoms with Gasteiger partial charge in [-0.1, -0.05) is 19.1 Å². The lowest BCUT2D eigenvalue weighted by Crippen LogP contribution is -2.41. The molecule has 1 unspecified atom stereocenters. The molecule has 0 aromatic heterocycles. The highest BCUT2D eigenvalue weighted by atomic mass is 16.6. The van der Waals surface area contributed by atoms with Gasteiger partial charge in [0.25, 0.3) is 5.69 Å². The number of hydrogen-bond donors (Lipinski definition) is 2. The van der Waals surface area contributed by atoms with Crippen molar-refractivity contribution in [1.82, 2.24) is 10.2 Å². The second kappa shape index (κ2) is 8.38. The van der Waals surface area contributed by atoms with Crippen LogP contribution in [0.4, 0.5) is 5.69 Å². The number of hydrogen-bond acceptors (Lipinski definition) is 5. The van der Waals surface area contributed by atoms with Gasteiger partial charge in [0.2, 0.25) is 0 Å². The van der Waals surface area contributed by atoms with E-state index in [9.17, 15) is 15.2 Å². The Labute approximate surface area is 137 Å². The van der Waals surface area contributed by atoms with Gasteiger partial charge in [-0.3, -0.25) is 10.1 Å². The van der Waals surface area contributed by atoms with Gasteiger partial charge in [-0.05, 0) is 44.3 Å². The summed E-state index contributed by atoms with van der Waals surface area (Å²) in [7, 11) is 0. The molecule has 2 N–H and O–H groups in total. The molecule has 2 rings (SSSR count). The molecule has 23 heavy (non-hydrogen) atoms. The van der Waals surface area contributed by atoms with Crippen LogP contribution in [0.3, 0.4) is 0 Å². The first-order valence-electron chi connectivity index (χ1n) is 8.30. The Kier molecular flexibility index (Phi) is 6.50. The third-order valence-electron chi connectivity index (χ3n) is 4.52. The highest BCUT2D eigenvalue weighted by Crippen LogP contribution is 2.19. The second-order valence-corrected chi connectivity index (χ2v) is 6.65. The molecular weight excluding hydrogens is 294 g/mol. The summed E-state index contributed by atoms with van der Waals surface area (Å²) in [5.74, 6) is 0.791. The molecule has 1 atom stereocenters. The van der Waals surface area contributed by atoms with E-state index in [1.807, 2.05) is 6.07 Å². The minimum absolute atomic E-state index is 0.146. The van der Waals surface area contributed by atoms with Gasteiger partial charge in [0, 0.05) is 31.3 Å². The second-order valence-electron chi connectivity index (χ2n) is 6.65. The number of rotatable bonds is 7. The van der Waals surface area contributed by atoms with Crippen molar-refractivity contribution in [3.05, 3.63) is 39.4 Å². The lowest BCUT2D eigenvalue weighted by Gasteiger charge is -2.31. The number of aliphatic hydroxyl groups is 1. The van der Waals surface area contributed by atoms with Gasteiger partial charge in [-0.2, -0.15) is 0 Å². The molecule has 0 amide bonds. The highest BCUT2D eigenvalue weighted by molar-refractivity contribution is 5.42. The Hall–Kier alpha value is -1.50. The Morgan fingerprint density at radius 3 is 2.78 bits per heavy atom. The highest BCUT2D eigenvalue weighted by Gasteiger charge is 2.18. The fourth-order valence-corrected chi connectivity index (χ4v) is 2.95. The van der Waals surface area contributed by atoms with Crippen LogP contribution < -0.4 is 5.32 Å². The molecule has 1 aromatic rings. The van der Waals surface area contributed by atoms with E-state index in [2.05, 4.69) is 17.1 Å². The van der Waals surface area contributed by atoms with E-state index in [0.29, 0.717) is 25.2 Å². The normalized spacial score (nSPS) is 18.0. The molecule has 0 aliphatic carbocycles. The number of nitrogens with zero attached hydrogens (tertiary/aromatic N) is 2. The average Bonchev–Trinajstić information content (AvgIpc) is 2.51. The van der Waals surface area contributed by atoms with E-state index in [0.717, 1.165) is 24.6 Å². The van der Waals surface area contributed by atoms with E-state index >= 15 is 0 Å². The Morgan fingerprint density at radius 1 is 1.43 bits per heavy atom. The van der Waals surface area contributed by atoms with Crippen molar-refractivity contribution < 1.29 is 10.0 Å². The monoisotopic (exact) mass is 321 g/mol. The van der Waals surface area contributed by atoms with Crippen LogP contribution >= 0.6 is 0 Å². The molecule has 1 saturated heterocycles. The van der Waals surface area contributed by atoms with Gasteiger partial charge in [0.15, 0.2) is 0 Å². The number of piperidine rings is 1. The summed E-state index contributed by atoms with van der Waals surface area (Å²) >= 11 is 0. The maximum absolute atomic E-state index is 10.9. The van der Waals surface area contributed by atoms with Gasteiger partial charge >= 0.3 is 0 Å². The van der Waals surface area contributed by atoms with Crippen LogP contribution in [0, 0.1) is 23.0 Å². The summed E-state index contributed by atoms with van der Waals surface area (Å²) in [5.41, 5.74) is 1.67. The fraction of sp³-hybridized carbons (Fsp3) is 0.647. The maximum atomic E-state index is 10.9. The van der Waals surface area contributed by atoms with Crippen molar-refractivity contribution in [2.45, 2.75) is 39.3 Å². The van der Waals surface area contributed by atoms with Gasteiger partial charge in [-0.25, -0.2) is 0 Å². The Balaban J connectivity index is 1.74. The summed E-state index contributed by atoms with van der Waals surface area (Å²) in [6.45, 7) is 7.83. The first-order valence-corrected chi connectivity index (χ1v) is 8.30. The molecule has 1 aromatic carbocycles. The average molecular weight is 321 g/mol. The van der Waals surface area contributed by atoms with Crippen LogP contribution in [-0.2, 0) is 6.54 Å². The summed E-state index contributed by atoms with van der Waals surface area (Å²) in [6.07, 6.45) is 1.99. The lowest BCUT2D eigenvalue weighted by molar-refractivity contribution is -0.385. The summed E-state index contributed by atoms with van der Waals surface area (Å²) in [5, 5.41) is 24.2. The van der Waals surface area contributed by atoms with Crippen LogP contribution in [-0.4, -0.2) is 47.2 Å². The molecule has 1 heterocycles. The number of nitro benzene ring substituents is 1. The predicted octanol–water partition coefficient (Wildman–Crippen LogP) is 2.09. The molecule has 0 saturated carbocycles. The fourth-order valence-electron chi connectivity index (χ4n) is 2.95. The number of aryl methyl sites for hydroxylation is 1. The maximum Gasteiger partial charge on any atom is 0.272 e. The molecule has 1 aliphatic rings. The molecule has 0 bridgehead atoms. The quantitative estimate of drug-likeness (QED) is 0.594. The van der Waals surface area contributed by atoms with Gasteiger partial charge < -0.3 is 15.3 Å². The van der Waals surface area contributed by atoms with Crippen LogP contribution in [0.25, 0.3) is 0 Å². The SMILES string of the molecule is Cc1ccc(CNCC(O)CN2CCC(C)CC2)cc1[N+](=O)[O-]. The van der Waals surface area contributed by atoms with Crippen molar-refractivity contribution in [3.8, 4) is 0 Å². The first-order chi connectivity index (χ1) is 11.0. The van der Waals surface area contributed by atoms with E-state index in [1.165, 1.54) is 12.8 Å². The van der Waals surface area contributed by atoms with E-state index < -0.39 is 6.10 Å². The third kappa shape index (κ3) is 5.57. The number of nitrogens with one attached hydrogen (secondary N) is 1. The molecule has 1 aliphatic heterocycles. The number of benzene rings is 1. The van der Waals surface area contributed by atoms with Crippen LogP contribution in [0.2, 0.25) is 0 Å². The summed E-state index contributed by atoms with van der Waals surface area (Å²) in [4.78, 5) is 12.9. The topological polar surface area (TPSA) is 78.6 Å². The number of likely N-dealkylation sites (tertiary alicyclic amines) is 1. The molecule has 0 radical (unpaired) electrons. The lowest BCUT2D eigenvalue weighted by atomic mass is 9.99. The van der Waals surface area contributed by atoms with Crippen molar-refractivity contribution >= 4 is 5.69 Å². The molecule has 1 fully saturated rings. The molecule has 6 heteroatoms. The zero-order valence-electron chi connectivity index (χ0n) is 14.0. The number of β-amino-alcohol motifs (C(OH)–C–C–N with tert-alkyl or cyclic N) is 1. The van der Waals surface area contributed by atoms with Crippen molar-refractivity contribution in [1.29, 1.82) is 0 Å². The molecule has 128 valence electrons. The standard InChI is InChI=1S/C17H27N3O3/c1-13-5-7-19(8-6-13)12-16(21)11-18-10-15-4-3-14(2)17(9-15)20(22)23/h3-4,9,13,16,18,21H,5-8,10-12H2,1-2H3. The Morgan fingerprint density at radius 2 is 2.13 bits per heavy atom. The van der Waals surface area contributed by atoms with Crippen molar-refractivity contribution in [2.24, 2.45) is 5.92 Å². The van der Waals surface area contributed by atoms with Crippen LogP contribution in [0.15, 0.2) is 18.2 Å². The summed E-state index contributed by atoms with van der Waals surface area (Å²) < 4.78 is 0. The summed E-state index contributed by atoms with van der Waals surface area (Å²) in [6, 6.07) is 5.24. The largest absolute Gasteiger partial charge is 0.390 e. The predicted molar refractivity (Wildman–Crippen MR) is 90.4 cm³/mol. The van der Waals surface area contributed by atoms with Crippen LogP contribution in [0.5, 0.6) is 0 Å². The minimum atomic E-state index is -0.413. The molecular formula is C17H27N3O3. The van der Waals surface area contributed by atoms with E-state index in [4.69, 9.17) is 0 Å². The van der Waals surface area contributed by atoms with Crippen molar-refractivity contribution in [2.75, 3.05) is 26.2 Å². The number of nitro groups is 1. The van der Waals surface area contributed by atoms with E-state index in [-0.39, 0.29) is 10.6 Å². The van der Waals surface area contributed by atoms with Gasteiger partial charge in [0.05, 0.1) is 11.0 Å². The first kappa shape index (κ1) is 17.8.